The van der Waals surface area contributed by atoms with E-state index in [2.05, 4.69) is 5.10 Å². The van der Waals surface area contributed by atoms with Gasteiger partial charge in [0.05, 0.1) is 17.6 Å². The van der Waals surface area contributed by atoms with Crippen LogP contribution in [0.15, 0.2) is 24.3 Å². The molecule has 0 aliphatic heterocycles. The Morgan fingerprint density at radius 3 is 2.95 bits per heavy atom. The predicted molar refractivity (Wildman–Crippen MR) is 74.7 cm³/mol. The Bertz CT molecular complexity index is 617. The number of rotatable bonds is 3. The van der Waals surface area contributed by atoms with E-state index in [-0.39, 0.29) is 17.7 Å². The highest BCUT2D eigenvalue weighted by atomic mass is 16.1. The van der Waals surface area contributed by atoms with E-state index in [1.54, 1.807) is 0 Å². The monoisotopic (exact) mass is 257 g/mol. The SMILES string of the molecule is Cn1nc(CC(=O)C2CCCC2N)c2ccccc21. The van der Waals surface area contributed by atoms with E-state index in [0.29, 0.717) is 6.42 Å². The maximum atomic E-state index is 12.3. The Balaban J connectivity index is 1.87. The van der Waals surface area contributed by atoms with Crippen molar-refractivity contribution in [1.82, 2.24) is 9.78 Å². The first-order valence-corrected chi connectivity index (χ1v) is 6.85. The molecule has 1 aliphatic rings. The molecule has 100 valence electrons. The Morgan fingerprint density at radius 1 is 1.42 bits per heavy atom. The number of aryl methyl sites for hydroxylation is 1. The number of para-hydroxylation sites is 1. The van der Waals surface area contributed by atoms with Crippen LogP contribution in [0.3, 0.4) is 0 Å². The fourth-order valence-electron chi connectivity index (χ4n) is 3.10. The third kappa shape index (κ3) is 2.16. The van der Waals surface area contributed by atoms with Crippen molar-refractivity contribution in [2.24, 2.45) is 18.7 Å². The summed E-state index contributed by atoms with van der Waals surface area (Å²) in [6.45, 7) is 0. The van der Waals surface area contributed by atoms with Gasteiger partial charge in [0.2, 0.25) is 0 Å². The second kappa shape index (κ2) is 4.78. The number of hydrogen-bond acceptors (Lipinski definition) is 3. The van der Waals surface area contributed by atoms with E-state index in [1.165, 1.54) is 0 Å². The minimum Gasteiger partial charge on any atom is -0.327 e. The quantitative estimate of drug-likeness (QED) is 0.912. The number of benzene rings is 1. The highest BCUT2D eigenvalue weighted by Gasteiger charge is 2.30. The van der Waals surface area contributed by atoms with Gasteiger partial charge in [-0.05, 0) is 18.9 Å². The zero-order valence-electron chi connectivity index (χ0n) is 11.2. The lowest BCUT2D eigenvalue weighted by molar-refractivity contribution is -0.122. The number of ketones is 1. The molecule has 2 atom stereocenters. The van der Waals surface area contributed by atoms with Crippen molar-refractivity contribution in [2.45, 2.75) is 31.7 Å². The van der Waals surface area contributed by atoms with E-state index in [4.69, 9.17) is 5.73 Å². The standard InChI is InChI=1S/C15H19N3O/c1-18-14-8-3-2-5-11(14)13(17-18)9-15(19)10-6-4-7-12(10)16/h2-3,5,8,10,12H,4,6-7,9,16H2,1H3. The van der Waals surface area contributed by atoms with Crippen LogP contribution in [-0.2, 0) is 18.3 Å². The third-order valence-corrected chi connectivity index (χ3v) is 4.16. The summed E-state index contributed by atoms with van der Waals surface area (Å²) in [4.78, 5) is 12.3. The first kappa shape index (κ1) is 12.4. The zero-order chi connectivity index (χ0) is 13.4. The van der Waals surface area contributed by atoms with Gasteiger partial charge >= 0.3 is 0 Å². The lowest BCUT2D eigenvalue weighted by atomic mass is 9.95. The summed E-state index contributed by atoms with van der Waals surface area (Å²) < 4.78 is 1.84. The van der Waals surface area contributed by atoms with Gasteiger partial charge in [-0.2, -0.15) is 5.10 Å². The first-order valence-electron chi connectivity index (χ1n) is 6.85. The van der Waals surface area contributed by atoms with Crippen molar-refractivity contribution in [1.29, 1.82) is 0 Å². The van der Waals surface area contributed by atoms with Crippen LogP contribution in [0.5, 0.6) is 0 Å². The van der Waals surface area contributed by atoms with E-state index in [0.717, 1.165) is 35.9 Å². The van der Waals surface area contributed by atoms with Gasteiger partial charge in [0.15, 0.2) is 0 Å². The number of hydrogen-bond donors (Lipinski definition) is 1. The van der Waals surface area contributed by atoms with E-state index >= 15 is 0 Å². The summed E-state index contributed by atoms with van der Waals surface area (Å²) in [7, 11) is 1.91. The minimum absolute atomic E-state index is 0.0285. The molecule has 0 saturated heterocycles. The maximum Gasteiger partial charge on any atom is 0.143 e. The third-order valence-electron chi connectivity index (χ3n) is 4.16. The molecule has 0 bridgehead atoms. The molecule has 1 aromatic carbocycles. The van der Waals surface area contributed by atoms with Crippen LogP contribution in [0.4, 0.5) is 0 Å². The van der Waals surface area contributed by atoms with E-state index in [1.807, 2.05) is 36.0 Å². The fourth-order valence-corrected chi connectivity index (χ4v) is 3.10. The van der Waals surface area contributed by atoms with Gasteiger partial charge in [-0.15, -0.1) is 0 Å². The summed E-state index contributed by atoms with van der Waals surface area (Å²) >= 11 is 0. The molecule has 4 nitrogen and oxygen atoms in total. The minimum atomic E-state index is 0.0285. The summed E-state index contributed by atoms with van der Waals surface area (Å²) in [5.74, 6) is 0.273. The Morgan fingerprint density at radius 2 is 2.21 bits per heavy atom. The number of aromatic nitrogens is 2. The number of carbonyl (C=O) groups excluding carboxylic acids is 1. The number of nitrogens with two attached hydrogens (primary N) is 1. The van der Waals surface area contributed by atoms with Crippen LogP contribution in [0.25, 0.3) is 10.9 Å². The average molecular weight is 257 g/mol. The van der Waals surface area contributed by atoms with Crippen molar-refractivity contribution in [3.8, 4) is 0 Å². The van der Waals surface area contributed by atoms with Gasteiger partial charge in [0, 0.05) is 24.4 Å². The summed E-state index contributed by atoms with van der Waals surface area (Å²) in [6.07, 6.45) is 3.38. The van der Waals surface area contributed by atoms with Crippen LogP contribution < -0.4 is 5.73 Å². The number of carbonyl (C=O) groups is 1. The topological polar surface area (TPSA) is 60.9 Å². The molecule has 4 heteroatoms. The Labute approximate surface area is 112 Å². The van der Waals surface area contributed by atoms with Crippen molar-refractivity contribution in [3.05, 3.63) is 30.0 Å². The number of nitrogens with zero attached hydrogens (tertiary/aromatic N) is 2. The van der Waals surface area contributed by atoms with Gasteiger partial charge in [-0.3, -0.25) is 9.48 Å². The molecule has 1 aromatic heterocycles. The van der Waals surface area contributed by atoms with Crippen LogP contribution >= 0.6 is 0 Å². The largest absolute Gasteiger partial charge is 0.327 e. The molecule has 19 heavy (non-hydrogen) atoms. The second-order valence-electron chi connectivity index (χ2n) is 5.43. The van der Waals surface area contributed by atoms with E-state index in [9.17, 15) is 4.79 Å². The van der Waals surface area contributed by atoms with Crippen molar-refractivity contribution in [2.75, 3.05) is 0 Å². The number of fused-ring (bicyclic) bond motifs is 1. The predicted octanol–water partition coefficient (Wildman–Crippen LogP) is 1.81. The lowest BCUT2D eigenvalue weighted by Gasteiger charge is -2.12. The van der Waals surface area contributed by atoms with Gasteiger partial charge in [-0.25, -0.2) is 0 Å². The van der Waals surface area contributed by atoms with Gasteiger partial charge < -0.3 is 5.73 Å². The summed E-state index contributed by atoms with van der Waals surface area (Å²) in [6, 6.07) is 8.07. The normalized spacial score (nSPS) is 23.1. The summed E-state index contributed by atoms with van der Waals surface area (Å²) in [5.41, 5.74) is 7.95. The lowest BCUT2D eigenvalue weighted by Crippen LogP contribution is -2.31. The molecule has 2 aromatic rings. The highest BCUT2D eigenvalue weighted by Crippen LogP contribution is 2.27. The van der Waals surface area contributed by atoms with Gasteiger partial charge in [0.25, 0.3) is 0 Å². The van der Waals surface area contributed by atoms with Crippen molar-refractivity contribution < 1.29 is 4.79 Å². The van der Waals surface area contributed by atoms with Crippen LogP contribution in [0.1, 0.15) is 25.0 Å². The maximum absolute atomic E-state index is 12.3. The van der Waals surface area contributed by atoms with Crippen molar-refractivity contribution >= 4 is 16.7 Å². The average Bonchev–Trinajstić information content (AvgIpc) is 2.95. The molecule has 2 N–H and O–H groups in total. The number of Topliss-reactive ketones (excluding diaryl/α,β-unsaturated/α-hetero) is 1. The van der Waals surface area contributed by atoms with Gasteiger partial charge in [-0.1, -0.05) is 24.6 Å². The van der Waals surface area contributed by atoms with Crippen LogP contribution in [0.2, 0.25) is 0 Å². The molecule has 3 rings (SSSR count). The molecule has 1 aliphatic carbocycles. The molecular formula is C15H19N3O. The highest BCUT2D eigenvalue weighted by molar-refractivity contribution is 5.90. The fraction of sp³-hybridized carbons (Fsp3) is 0.467. The molecule has 1 fully saturated rings. The molecule has 2 unspecified atom stereocenters. The summed E-state index contributed by atoms with van der Waals surface area (Å²) in [5, 5.41) is 5.56. The second-order valence-corrected chi connectivity index (χ2v) is 5.43. The van der Waals surface area contributed by atoms with Gasteiger partial charge in [0.1, 0.15) is 5.78 Å². The molecule has 1 heterocycles. The molecule has 0 radical (unpaired) electrons. The van der Waals surface area contributed by atoms with Crippen LogP contribution in [-0.4, -0.2) is 21.6 Å². The van der Waals surface area contributed by atoms with Crippen LogP contribution in [0, 0.1) is 5.92 Å². The molecule has 0 spiro atoms. The molecule has 1 saturated carbocycles. The zero-order valence-corrected chi connectivity index (χ0v) is 11.2. The Kier molecular flexibility index (Phi) is 3.11. The smallest absolute Gasteiger partial charge is 0.143 e. The molecular weight excluding hydrogens is 238 g/mol. The van der Waals surface area contributed by atoms with E-state index < -0.39 is 0 Å². The van der Waals surface area contributed by atoms with Crippen molar-refractivity contribution in [3.63, 3.8) is 0 Å². The Hall–Kier alpha value is -1.68. The molecule has 0 amide bonds. The first-order chi connectivity index (χ1) is 9.16.